The van der Waals surface area contributed by atoms with Crippen molar-refractivity contribution in [2.24, 2.45) is 0 Å². The summed E-state index contributed by atoms with van der Waals surface area (Å²) in [5.74, 6) is 0.669. The number of piperidine rings is 1. The lowest BCUT2D eigenvalue weighted by molar-refractivity contribution is 0.239. The number of aliphatic hydroxyl groups excluding tert-OH is 1. The third-order valence-corrected chi connectivity index (χ3v) is 2.75. The summed E-state index contributed by atoms with van der Waals surface area (Å²) in [6.07, 6.45) is 6.50. The number of hydrogen-bond acceptors (Lipinski definition) is 5. The molecule has 0 radical (unpaired) electrons. The van der Waals surface area contributed by atoms with Gasteiger partial charge in [-0.05, 0) is 19.3 Å². The van der Waals surface area contributed by atoms with Crippen LogP contribution >= 0.6 is 0 Å². The highest BCUT2D eigenvalue weighted by Gasteiger charge is 2.23. The Morgan fingerprint density at radius 2 is 2.13 bits per heavy atom. The molecule has 1 atom stereocenters. The van der Waals surface area contributed by atoms with E-state index < -0.39 is 0 Å². The molecule has 1 aliphatic heterocycles. The van der Waals surface area contributed by atoms with Crippen LogP contribution in [0.4, 0.5) is 11.6 Å². The molecular weight excluding hydrogens is 192 g/mol. The molecule has 0 spiro atoms. The van der Waals surface area contributed by atoms with E-state index in [2.05, 4.69) is 14.9 Å². The fraction of sp³-hybridized carbons (Fsp3) is 0.600. The Labute approximate surface area is 88.9 Å². The molecule has 15 heavy (non-hydrogen) atoms. The minimum atomic E-state index is 0.155. The maximum atomic E-state index is 9.26. The summed E-state index contributed by atoms with van der Waals surface area (Å²) in [4.78, 5) is 10.4. The molecule has 82 valence electrons. The maximum absolute atomic E-state index is 9.26. The molecule has 1 saturated heterocycles. The van der Waals surface area contributed by atoms with Gasteiger partial charge < -0.3 is 15.7 Å². The average molecular weight is 208 g/mol. The number of anilines is 2. The van der Waals surface area contributed by atoms with Gasteiger partial charge in [-0.1, -0.05) is 0 Å². The highest BCUT2D eigenvalue weighted by atomic mass is 16.3. The SMILES string of the molecule is Nc1cnc(N2CCCCC2CO)nc1. The van der Waals surface area contributed by atoms with Crippen LogP contribution in [-0.2, 0) is 0 Å². The molecule has 0 bridgehead atoms. The average Bonchev–Trinajstić information content (AvgIpc) is 2.30. The fourth-order valence-electron chi connectivity index (χ4n) is 1.93. The topological polar surface area (TPSA) is 75.3 Å². The zero-order valence-electron chi connectivity index (χ0n) is 8.63. The van der Waals surface area contributed by atoms with Crippen LogP contribution < -0.4 is 10.6 Å². The first-order valence-electron chi connectivity index (χ1n) is 5.26. The van der Waals surface area contributed by atoms with Crippen molar-refractivity contribution in [2.75, 3.05) is 23.8 Å². The first-order chi connectivity index (χ1) is 7.31. The summed E-state index contributed by atoms with van der Waals surface area (Å²) in [5, 5.41) is 9.26. The molecule has 0 aliphatic carbocycles. The van der Waals surface area contributed by atoms with Crippen molar-refractivity contribution in [2.45, 2.75) is 25.3 Å². The predicted molar refractivity (Wildman–Crippen MR) is 58.5 cm³/mol. The first kappa shape index (κ1) is 10.2. The van der Waals surface area contributed by atoms with Gasteiger partial charge in [0.15, 0.2) is 0 Å². The first-order valence-corrected chi connectivity index (χ1v) is 5.26. The van der Waals surface area contributed by atoms with Crippen molar-refractivity contribution in [3.63, 3.8) is 0 Å². The molecular formula is C10H16N4O. The van der Waals surface area contributed by atoms with Gasteiger partial charge in [0, 0.05) is 6.54 Å². The van der Waals surface area contributed by atoms with E-state index in [-0.39, 0.29) is 12.6 Å². The standard InChI is InChI=1S/C10H16N4O/c11-8-5-12-10(13-6-8)14-4-2-1-3-9(14)7-15/h5-6,9,15H,1-4,7,11H2. The zero-order valence-corrected chi connectivity index (χ0v) is 8.63. The second kappa shape index (κ2) is 4.44. The Morgan fingerprint density at radius 1 is 1.40 bits per heavy atom. The molecule has 1 aromatic heterocycles. The lowest BCUT2D eigenvalue weighted by Crippen LogP contribution is -2.42. The second-order valence-electron chi connectivity index (χ2n) is 3.84. The van der Waals surface area contributed by atoms with E-state index in [0.717, 1.165) is 25.8 Å². The van der Waals surface area contributed by atoms with Gasteiger partial charge >= 0.3 is 0 Å². The van der Waals surface area contributed by atoms with Crippen molar-refractivity contribution in [3.05, 3.63) is 12.4 Å². The molecule has 0 saturated carbocycles. The van der Waals surface area contributed by atoms with Crippen LogP contribution in [0, 0.1) is 0 Å². The second-order valence-corrected chi connectivity index (χ2v) is 3.84. The largest absolute Gasteiger partial charge is 0.396 e. The van der Waals surface area contributed by atoms with Crippen LogP contribution in [0.1, 0.15) is 19.3 Å². The van der Waals surface area contributed by atoms with E-state index in [1.165, 1.54) is 0 Å². The van der Waals surface area contributed by atoms with Crippen molar-refractivity contribution in [1.29, 1.82) is 0 Å². The molecule has 5 nitrogen and oxygen atoms in total. The van der Waals surface area contributed by atoms with Gasteiger partial charge in [0.2, 0.25) is 5.95 Å². The van der Waals surface area contributed by atoms with Crippen LogP contribution in [0.2, 0.25) is 0 Å². The summed E-state index contributed by atoms with van der Waals surface area (Å²) < 4.78 is 0. The zero-order chi connectivity index (χ0) is 10.7. The maximum Gasteiger partial charge on any atom is 0.225 e. The monoisotopic (exact) mass is 208 g/mol. The highest BCUT2D eigenvalue weighted by Crippen LogP contribution is 2.21. The molecule has 0 aromatic carbocycles. The Hall–Kier alpha value is -1.36. The fourth-order valence-corrected chi connectivity index (χ4v) is 1.93. The van der Waals surface area contributed by atoms with Crippen molar-refractivity contribution in [1.82, 2.24) is 9.97 Å². The van der Waals surface area contributed by atoms with E-state index >= 15 is 0 Å². The van der Waals surface area contributed by atoms with Crippen LogP contribution in [0.5, 0.6) is 0 Å². The van der Waals surface area contributed by atoms with Gasteiger partial charge in [0.25, 0.3) is 0 Å². The van der Waals surface area contributed by atoms with E-state index in [1.54, 1.807) is 12.4 Å². The number of rotatable bonds is 2. The van der Waals surface area contributed by atoms with Gasteiger partial charge in [-0.2, -0.15) is 0 Å². The van der Waals surface area contributed by atoms with Gasteiger partial charge in [0.1, 0.15) is 0 Å². The van der Waals surface area contributed by atoms with Gasteiger partial charge in [-0.25, -0.2) is 9.97 Å². The van der Waals surface area contributed by atoms with E-state index in [9.17, 15) is 5.11 Å². The van der Waals surface area contributed by atoms with Crippen LogP contribution in [0.25, 0.3) is 0 Å². The van der Waals surface area contributed by atoms with Gasteiger partial charge in [-0.15, -0.1) is 0 Å². The van der Waals surface area contributed by atoms with E-state index in [1.807, 2.05) is 0 Å². The molecule has 2 heterocycles. The minimum Gasteiger partial charge on any atom is -0.396 e. The van der Waals surface area contributed by atoms with Crippen LogP contribution in [0.3, 0.4) is 0 Å². The minimum absolute atomic E-state index is 0.155. The molecule has 2 rings (SSSR count). The normalized spacial score (nSPS) is 21.7. The smallest absolute Gasteiger partial charge is 0.225 e. The van der Waals surface area contributed by atoms with Crippen molar-refractivity contribution < 1.29 is 5.11 Å². The number of aromatic nitrogens is 2. The summed E-state index contributed by atoms with van der Waals surface area (Å²) in [6, 6.07) is 0.155. The number of nitrogens with zero attached hydrogens (tertiary/aromatic N) is 3. The Bertz CT molecular complexity index is 314. The van der Waals surface area contributed by atoms with Crippen molar-refractivity contribution >= 4 is 11.6 Å². The number of aliphatic hydroxyl groups is 1. The molecule has 1 aliphatic rings. The lowest BCUT2D eigenvalue weighted by atomic mass is 10.0. The molecule has 3 N–H and O–H groups in total. The van der Waals surface area contributed by atoms with E-state index in [0.29, 0.717) is 11.6 Å². The van der Waals surface area contributed by atoms with Gasteiger partial charge in [0.05, 0.1) is 30.7 Å². The molecule has 1 fully saturated rings. The molecule has 1 unspecified atom stereocenters. The summed E-state index contributed by atoms with van der Waals surface area (Å²) >= 11 is 0. The Kier molecular flexibility index (Phi) is 3.01. The third kappa shape index (κ3) is 2.18. The van der Waals surface area contributed by atoms with Crippen LogP contribution in [-0.4, -0.2) is 34.3 Å². The predicted octanol–water partition coefficient (Wildman–Crippen LogP) is 0.410. The summed E-state index contributed by atoms with van der Waals surface area (Å²) in [6.45, 7) is 1.07. The van der Waals surface area contributed by atoms with Crippen LogP contribution in [0.15, 0.2) is 12.4 Å². The summed E-state index contributed by atoms with van der Waals surface area (Å²) in [7, 11) is 0. The molecule has 1 aromatic rings. The third-order valence-electron chi connectivity index (χ3n) is 2.75. The summed E-state index contributed by atoms with van der Waals surface area (Å²) in [5.41, 5.74) is 6.10. The lowest BCUT2D eigenvalue weighted by Gasteiger charge is -2.34. The quantitative estimate of drug-likeness (QED) is 0.736. The Balaban J connectivity index is 2.16. The number of nitrogen functional groups attached to an aromatic ring is 1. The van der Waals surface area contributed by atoms with Gasteiger partial charge in [-0.3, -0.25) is 0 Å². The number of nitrogens with two attached hydrogens (primary N) is 1. The van der Waals surface area contributed by atoms with Crippen molar-refractivity contribution in [3.8, 4) is 0 Å². The molecule has 0 amide bonds. The number of hydrogen-bond donors (Lipinski definition) is 2. The highest BCUT2D eigenvalue weighted by molar-refractivity contribution is 5.39. The Morgan fingerprint density at radius 3 is 2.80 bits per heavy atom. The molecule has 5 heteroatoms. The van der Waals surface area contributed by atoms with E-state index in [4.69, 9.17) is 5.73 Å².